The number of aromatic nitrogens is 2. The highest BCUT2D eigenvalue weighted by Gasteiger charge is 2.26. The smallest absolute Gasteiger partial charge is 0.254 e. The first kappa shape index (κ1) is 18.3. The van der Waals surface area contributed by atoms with E-state index in [9.17, 15) is 9.59 Å². The zero-order valence-corrected chi connectivity index (χ0v) is 15.9. The molecule has 1 atom stereocenters. The zero-order chi connectivity index (χ0) is 18.8. The molecule has 138 valence electrons. The van der Waals surface area contributed by atoms with Crippen LogP contribution < -0.4 is 5.56 Å². The number of carbonyl (C=O) groups is 1. The molecule has 2 heterocycles. The first-order chi connectivity index (χ1) is 12.3. The minimum atomic E-state index is -0.0886. The largest absolute Gasteiger partial charge is 0.342 e. The van der Waals surface area contributed by atoms with Crippen molar-refractivity contribution in [3.63, 3.8) is 0 Å². The molecule has 0 bridgehead atoms. The van der Waals surface area contributed by atoms with E-state index in [4.69, 9.17) is 0 Å². The number of amides is 1. The van der Waals surface area contributed by atoms with Gasteiger partial charge in [-0.3, -0.25) is 14.5 Å². The number of rotatable bonds is 4. The van der Waals surface area contributed by atoms with Crippen LogP contribution >= 0.6 is 0 Å². The fourth-order valence-corrected chi connectivity index (χ4v) is 3.34. The standard InChI is InChI=1S/C20H26N4O2/c1-13-14(2)21-19(22-20(13)26)17-7-5-16(6-8-17)11-24-10-9-18(12-24)23(4)15(3)25/h5-8,18H,9-12H2,1-4H3,(H,21,22,26). The lowest BCUT2D eigenvalue weighted by Crippen LogP contribution is -2.37. The Kier molecular flexibility index (Phi) is 5.23. The van der Waals surface area contributed by atoms with Gasteiger partial charge in [0.15, 0.2) is 0 Å². The van der Waals surface area contributed by atoms with Crippen LogP contribution in [-0.4, -0.2) is 51.9 Å². The van der Waals surface area contributed by atoms with Gasteiger partial charge in [-0.2, -0.15) is 0 Å². The fourth-order valence-electron chi connectivity index (χ4n) is 3.34. The van der Waals surface area contributed by atoms with Gasteiger partial charge < -0.3 is 9.88 Å². The molecule has 2 aromatic rings. The lowest BCUT2D eigenvalue weighted by molar-refractivity contribution is -0.129. The summed E-state index contributed by atoms with van der Waals surface area (Å²) in [6.45, 7) is 8.01. The van der Waals surface area contributed by atoms with E-state index >= 15 is 0 Å². The first-order valence-electron chi connectivity index (χ1n) is 8.97. The summed E-state index contributed by atoms with van der Waals surface area (Å²) in [6.07, 6.45) is 1.02. The topological polar surface area (TPSA) is 69.3 Å². The quantitative estimate of drug-likeness (QED) is 0.913. The molecule has 1 unspecified atom stereocenters. The summed E-state index contributed by atoms with van der Waals surface area (Å²) in [7, 11) is 1.88. The summed E-state index contributed by atoms with van der Waals surface area (Å²) in [5, 5.41) is 0. The monoisotopic (exact) mass is 354 g/mol. The van der Waals surface area contributed by atoms with Gasteiger partial charge in [-0.25, -0.2) is 4.98 Å². The maximum Gasteiger partial charge on any atom is 0.254 e. The highest BCUT2D eigenvalue weighted by Crippen LogP contribution is 2.20. The lowest BCUT2D eigenvalue weighted by atomic mass is 10.1. The number of aryl methyl sites for hydroxylation is 1. The normalized spacial score (nSPS) is 17.5. The number of aromatic amines is 1. The van der Waals surface area contributed by atoms with Crippen LogP contribution in [0.4, 0.5) is 0 Å². The van der Waals surface area contributed by atoms with Crippen molar-refractivity contribution in [2.45, 2.75) is 39.8 Å². The SMILES string of the molecule is CC(=O)N(C)C1CCN(Cc2ccc(-c3nc(C)c(C)c(=O)[nH]3)cc2)C1. The molecular weight excluding hydrogens is 328 g/mol. The Morgan fingerprint density at radius 1 is 1.31 bits per heavy atom. The molecule has 26 heavy (non-hydrogen) atoms. The van der Waals surface area contributed by atoms with E-state index in [0.717, 1.165) is 37.3 Å². The van der Waals surface area contributed by atoms with Crippen LogP contribution in [0, 0.1) is 13.8 Å². The Balaban J connectivity index is 1.67. The molecule has 1 aromatic carbocycles. The van der Waals surface area contributed by atoms with Gasteiger partial charge in [0.05, 0.1) is 0 Å². The van der Waals surface area contributed by atoms with Crippen molar-refractivity contribution < 1.29 is 4.79 Å². The highest BCUT2D eigenvalue weighted by atomic mass is 16.2. The summed E-state index contributed by atoms with van der Waals surface area (Å²) >= 11 is 0. The number of H-pyrrole nitrogens is 1. The van der Waals surface area contributed by atoms with E-state index in [1.807, 2.05) is 31.0 Å². The van der Waals surface area contributed by atoms with Crippen molar-refractivity contribution in [2.75, 3.05) is 20.1 Å². The van der Waals surface area contributed by atoms with Crippen LogP contribution in [0.25, 0.3) is 11.4 Å². The molecule has 1 fully saturated rings. The Morgan fingerprint density at radius 3 is 2.62 bits per heavy atom. The average molecular weight is 354 g/mol. The molecule has 0 radical (unpaired) electrons. The summed E-state index contributed by atoms with van der Waals surface area (Å²) in [4.78, 5) is 35.0. The second-order valence-corrected chi connectivity index (χ2v) is 7.13. The van der Waals surface area contributed by atoms with E-state index in [1.54, 1.807) is 13.8 Å². The summed E-state index contributed by atoms with van der Waals surface area (Å²) in [5.41, 5.74) is 3.44. The molecular formula is C20H26N4O2. The third-order valence-electron chi connectivity index (χ3n) is 5.32. The van der Waals surface area contributed by atoms with Gasteiger partial charge in [-0.1, -0.05) is 24.3 Å². The predicted octanol–water partition coefficient (Wildman–Crippen LogP) is 2.11. The van der Waals surface area contributed by atoms with Gasteiger partial charge in [0, 0.05) is 56.5 Å². The van der Waals surface area contributed by atoms with Crippen molar-refractivity contribution in [1.29, 1.82) is 0 Å². The van der Waals surface area contributed by atoms with E-state index in [2.05, 4.69) is 27.0 Å². The predicted molar refractivity (Wildman–Crippen MR) is 102 cm³/mol. The molecule has 0 spiro atoms. The Labute approximate surface area is 153 Å². The van der Waals surface area contributed by atoms with Gasteiger partial charge in [-0.15, -0.1) is 0 Å². The number of likely N-dealkylation sites (N-methyl/N-ethyl adjacent to an activating group) is 1. The van der Waals surface area contributed by atoms with Crippen LogP contribution in [0.2, 0.25) is 0 Å². The minimum absolute atomic E-state index is 0.0886. The number of nitrogens with zero attached hydrogens (tertiary/aromatic N) is 3. The second-order valence-electron chi connectivity index (χ2n) is 7.13. The van der Waals surface area contributed by atoms with Crippen molar-refractivity contribution in [2.24, 2.45) is 0 Å². The number of benzene rings is 1. The van der Waals surface area contributed by atoms with Gasteiger partial charge in [-0.05, 0) is 25.8 Å². The van der Waals surface area contributed by atoms with Crippen LogP contribution in [0.3, 0.4) is 0 Å². The van der Waals surface area contributed by atoms with Crippen molar-refractivity contribution in [3.05, 3.63) is 51.4 Å². The van der Waals surface area contributed by atoms with Gasteiger partial charge >= 0.3 is 0 Å². The van der Waals surface area contributed by atoms with Crippen LogP contribution in [0.15, 0.2) is 29.1 Å². The molecule has 1 aliphatic rings. The Hall–Kier alpha value is -2.47. The number of carbonyl (C=O) groups excluding carboxylic acids is 1. The molecule has 0 saturated carbocycles. The van der Waals surface area contributed by atoms with Crippen LogP contribution in [0.5, 0.6) is 0 Å². The third kappa shape index (κ3) is 3.85. The van der Waals surface area contributed by atoms with Gasteiger partial charge in [0.2, 0.25) is 5.91 Å². The van der Waals surface area contributed by atoms with E-state index in [1.165, 1.54) is 5.56 Å². The number of hydrogen-bond acceptors (Lipinski definition) is 4. The molecule has 6 nitrogen and oxygen atoms in total. The summed E-state index contributed by atoms with van der Waals surface area (Å²) in [5.74, 6) is 0.727. The molecule has 6 heteroatoms. The maximum atomic E-state index is 11.9. The third-order valence-corrected chi connectivity index (χ3v) is 5.32. The molecule has 1 aliphatic heterocycles. The zero-order valence-electron chi connectivity index (χ0n) is 15.9. The summed E-state index contributed by atoms with van der Waals surface area (Å²) in [6, 6.07) is 8.45. The Morgan fingerprint density at radius 2 is 2.00 bits per heavy atom. The summed E-state index contributed by atoms with van der Waals surface area (Å²) < 4.78 is 0. The maximum absolute atomic E-state index is 11.9. The van der Waals surface area contributed by atoms with E-state index < -0.39 is 0 Å². The van der Waals surface area contributed by atoms with Crippen LogP contribution in [-0.2, 0) is 11.3 Å². The number of nitrogens with one attached hydrogen (secondary N) is 1. The van der Waals surface area contributed by atoms with E-state index in [0.29, 0.717) is 17.4 Å². The number of likely N-dealkylation sites (tertiary alicyclic amines) is 1. The molecule has 1 amide bonds. The lowest BCUT2D eigenvalue weighted by Gasteiger charge is -2.23. The van der Waals surface area contributed by atoms with E-state index in [-0.39, 0.29) is 11.5 Å². The Bertz CT molecular complexity index is 857. The molecule has 3 rings (SSSR count). The average Bonchev–Trinajstić information content (AvgIpc) is 3.07. The van der Waals surface area contributed by atoms with Gasteiger partial charge in [0.25, 0.3) is 5.56 Å². The molecule has 1 aromatic heterocycles. The molecule has 1 saturated heterocycles. The molecule has 1 N–H and O–H groups in total. The first-order valence-corrected chi connectivity index (χ1v) is 8.97. The van der Waals surface area contributed by atoms with Crippen molar-refractivity contribution in [1.82, 2.24) is 19.8 Å². The van der Waals surface area contributed by atoms with Crippen LogP contribution in [0.1, 0.15) is 30.2 Å². The van der Waals surface area contributed by atoms with Gasteiger partial charge in [0.1, 0.15) is 5.82 Å². The number of hydrogen-bond donors (Lipinski definition) is 1. The molecule has 0 aliphatic carbocycles. The van der Waals surface area contributed by atoms with Crippen molar-refractivity contribution in [3.8, 4) is 11.4 Å². The second kappa shape index (κ2) is 7.41. The fraction of sp³-hybridized carbons (Fsp3) is 0.450. The highest BCUT2D eigenvalue weighted by molar-refractivity contribution is 5.73. The van der Waals surface area contributed by atoms with Crippen molar-refractivity contribution >= 4 is 5.91 Å². The minimum Gasteiger partial charge on any atom is -0.342 e.